The van der Waals surface area contributed by atoms with Crippen LogP contribution in [0.5, 0.6) is 5.75 Å². The van der Waals surface area contributed by atoms with Gasteiger partial charge in [-0.05, 0) is 25.1 Å². The largest absolute Gasteiger partial charge is 0.496 e. The van der Waals surface area contributed by atoms with E-state index in [1.165, 1.54) is 25.3 Å². The van der Waals surface area contributed by atoms with E-state index in [1.807, 2.05) is 0 Å². The number of benzene rings is 1. The monoisotopic (exact) mass is 248 g/mol. The summed E-state index contributed by atoms with van der Waals surface area (Å²) in [7, 11) is 1.51. The standard InChI is InChI=1S/C12H13FN4O/c1-7-15-11(6-14)17-12(16-7)9-5-8(13)3-4-10(9)18-2/h3-5H,6,14H2,1-2H3. The first-order valence-electron chi connectivity index (χ1n) is 5.39. The molecule has 5 nitrogen and oxygen atoms in total. The van der Waals surface area contributed by atoms with Gasteiger partial charge in [0.25, 0.3) is 0 Å². The van der Waals surface area contributed by atoms with Crippen LogP contribution in [0.2, 0.25) is 0 Å². The van der Waals surface area contributed by atoms with Crippen molar-refractivity contribution in [2.45, 2.75) is 13.5 Å². The smallest absolute Gasteiger partial charge is 0.167 e. The number of hydrogen-bond acceptors (Lipinski definition) is 5. The maximum Gasteiger partial charge on any atom is 0.167 e. The van der Waals surface area contributed by atoms with Crippen LogP contribution < -0.4 is 10.5 Å². The van der Waals surface area contributed by atoms with Crippen molar-refractivity contribution in [3.8, 4) is 17.1 Å². The van der Waals surface area contributed by atoms with Gasteiger partial charge >= 0.3 is 0 Å². The molecule has 18 heavy (non-hydrogen) atoms. The molecule has 0 fully saturated rings. The van der Waals surface area contributed by atoms with Crippen molar-refractivity contribution in [2.24, 2.45) is 5.73 Å². The second kappa shape index (κ2) is 5.05. The Hall–Kier alpha value is -2.08. The maximum atomic E-state index is 13.3. The second-order valence-corrected chi connectivity index (χ2v) is 3.67. The molecule has 0 spiro atoms. The Morgan fingerprint density at radius 3 is 2.72 bits per heavy atom. The Bertz CT molecular complexity index is 574. The number of aromatic nitrogens is 3. The molecule has 0 atom stereocenters. The van der Waals surface area contributed by atoms with E-state index in [2.05, 4.69) is 15.0 Å². The summed E-state index contributed by atoms with van der Waals surface area (Å²) < 4.78 is 18.5. The van der Waals surface area contributed by atoms with Crippen molar-refractivity contribution in [3.05, 3.63) is 35.7 Å². The quantitative estimate of drug-likeness (QED) is 0.890. The lowest BCUT2D eigenvalue weighted by molar-refractivity contribution is 0.415. The van der Waals surface area contributed by atoms with Crippen LogP contribution in [0.15, 0.2) is 18.2 Å². The first-order chi connectivity index (χ1) is 8.63. The van der Waals surface area contributed by atoms with E-state index in [4.69, 9.17) is 10.5 Å². The lowest BCUT2D eigenvalue weighted by Crippen LogP contribution is -2.07. The average molecular weight is 248 g/mol. The van der Waals surface area contributed by atoms with Gasteiger partial charge in [0.05, 0.1) is 19.2 Å². The zero-order chi connectivity index (χ0) is 13.1. The number of nitrogens with two attached hydrogens (primary N) is 1. The van der Waals surface area contributed by atoms with Gasteiger partial charge in [-0.2, -0.15) is 0 Å². The number of nitrogens with zero attached hydrogens (tertiary/aromatic N) is 3. The van der Waals surface area contributed by atoms with Crippen molar-refractivity contribution in [3.63, 3.8) is 0 Å². The summed E-state index contributed by atoms with van der Waals surface area (Å²) >= 11 is 0. The highest BCUT2D eigenvalue weighted by Gasteiger charge is 2.12. The molecule has 2 rings (SSSR count). The first-order valence-corrected chi connectivity index (χ1v) is 5.39. The summed E-state index contributed by atoms with van der Waals surface area (Å²) in [6.07, 6.45) is 0. The van der Waals surface area contributed by atoms with Gasteiger partial charge in [-0.15, -0.1) is 0 Å². The van der Waals surface area contributed by atoms with E-state index < -0.39 is 0 Å². The topological polar surface area (TPSA) is 73.9 Å². The van der Waals surface area contributed by atoms with Gasteiger partial charge in [0.1, 0.15) is 23.2 Å². The fourth-order valence-corrected chi connectivity index (χ4v) is 1.60. The van der Waals surface area contributed by atoms with Gasteiger partial charge in [-0.3, -0.25) is 0 Å². The van der Waals surface area contributed by atoms with Crippen molar-refractivity contribution < 1.29 is 9.13 Å². The first kappa shape index (κ1) is 12.4. The highest BCUT2D eigenvalue weighted by atomic mass is 19.1. The van der Waals surface area contributed by atoms with Gasteiger partial charge in [0.2, 0.25) is 0 Å². The maximum absolute atomic E-state index is 13.3. The molecule has 0 aliphatic heterocycles. The molecule has 0 aliphatic carbocycles. The molecule has 0 amide bonds. The molecule has 0 bridgehead atoms. The molecule has 1 aromatic heterocycles. The molecule has 0 radical (unpaired) electrons. The minimum Gasteiger partial charge on any atom is -0.496 e. The molecule has 2 aromatic rings. The van der Waals surface area contributed by atoms with Crippen molar-refractivity contribution in [2.75, 3.05) is 7.11 Å². The molecule has 0 saturated heterocycles. The third-order valence-electron chi connectivity index (χ3n) is 2.38. The summed E-state index contributed by atoms with van der Waals surface area (Å²) in [4.78, 5) is 12.4. The summed E-state index contributed by atoms with van der Waals surface area (Å²) in [5.74, 6) is 1.48. The minimum absolute atomic E-state index is 0.202. The van der Waals surface area contributed by atoms with E-state index in [0.29, 0.717) is 28.8 Å². The van der Waals surface area contributed by atoms with E-state index in [9.17, 15) is 4.39 Å². The van der Waals surface area contributed by atoms with Gasteiger partial charge in [0.15, 0.2) is 5.82 Å². The average Bonchev–Trinajstić information content (AvgIpc) is 2.38. The third-order valence-corrected chi connectivity index (χ3v) is 2.38. The fourth-order valence-electron chi connectivity index (χ4n) is 1.60. The molecule has 1 heterocycles. The van der Waals surface area contributed by atoms with Gasteiger partial charge in [-0.1, -0.05) is 0 Å². The van der Waals surface area contributed by atoms with Crippen LogP contribution in [-0.4, -0.2) is 22.1 Å². The summed E-state index contributed by atoms with van der Waals surface area (Å²) in [5, 5.41) is 0. The molecule has 94 valence electrons. The number of rotatable bonds is 3. The molecular weight excluding hydrogens is 235 g/mol. The predicted molar refractivity (Wildman–Crippen MR) is 64.4 cm³/mol. The molecular formula is C12H13FN4O. The Labute approximate surface area is 104 Å². The zero-order valence-corrected chi connectivity index (χ0v) is 10.1. The minimum atomic E-state index is -0.377. The number of halogens is 1. The molecule has 1 aromatic carbocycles. The third kappa shape index (κ3) is 2.43. The summed E-state index contributed by atoms with van der Waals surface area (Å²) in [5.41, 5.74) is 5.99. The van der Waals surface area contributed by atoms with Gasteiger partial charge in [-0.25, -0.2) is 19.3 Å². The summed E-state index contributed by atoms with van der Waals surface area (Å²) in [6, 6.07) is 4.18. The van der Waals surface area contributed by atoms with Gasteiger partial charge in [0, 0.05) is 0 Å². The number of ether oxygens (including phenoxy) is 1. The second-order valence-electron chi connectivity index (χ2n) is 3.67. The van der Waals surface area contributed by atoms with Gasteiger partial charge < -0.3 is 10.5 Å². The van der Waals surface area contributed by atoms with Crippen LogP contribution in [0.25, 0.3) is 11.4 Å². The highest BCUT2D eigenvalue weighted by Crippen LogP contribution is 2.27. The molecule has 6 heteroatoms. The van der Waals surface area contributed by atoms with Crippen molar-refractivity contribution in [1.29, 1.82) is 0 Å². The van der Waals surface area contributed by atoms with E-state index in [1.54, 1.807) is 6.92 Å². The molecule has 0 aliphatic rings. The van der Waals surface area contributed by atoms with E-state index in [0.717, 1.165) is 0 Å². The molecule has 0 unspecified atom stereocenters. The number of aryl methyl sites for hydroxylation is 1. The number of methoxy groups -OCH3 is 1. The van der Waals surface area contributed by atoms with Crippen molar-refractivity contribution in [1.82, 2.24) is 15.0 Å². The zero-order valence-electron chi connectivity index (χ0n) is 10.1. The Morgan fingerprint density at radius 1 is 1.28 bits per heavy atom. The Kier molecular flexibility index (Phi) is 3.47. The SMILES string of the molecule is COc1ccc(F)cc1-c1nc(C)nc(CN)n1. The Morgan fingerprint density at radius 2 is 2.06 bits per heavy atom. The highest BCUT2D eigenvalue weighted by molar-refractivity contribution is 5.64. The molecule has 0 saturated carbocycles. The van der Waals surface area contributed by atoms with Crippen molar-refractivity contribution >= 4 is 0 Å². The van der Waals surface area contributed by atoms with Crippen LogP contribution in [0.3, 0.4) is 0 Å². The lowest BCUT2D eigenvalue weighted by Gasteiger charge is -2.08. The molecule has 2 N–H and O–H groups in total. The van der Waals surface area contributed by atoms with E-state index >= 15 is 0 Å². The predicted octanol–water partition coefficient (Wildman–Crippen LogP) is 1.45. The summed E-state index contributed by atoms with van der Waals surface area (Å²) in [6.45, 7) is 1.93. The van der Waals surface area contributed by atoms with Crippen LogP contribution in [-0.2, 0) is 6.54 Å². The van der Waals surface area contributed by atoms with Crippen LogP contribution in [0.4, 0.5) is 4.39 Å². The van der Waals surface area contributed by atoms with Crippen LogP contribution in [0.1, 0.15) is 11.6 Å². The van der Waals surface area contributed by atoms with Crippen LogP contribution >= 0.6 is 0 Å². The normalized spacial score (nSPS) is 10.4. The van der Waals surface area contributed by atoms with E-state index in [-0.39, 0.29) is 12.4 Å². The van der Waals surface area contributed by atoms with Crippen LogP contribution in [0, 0.1) is 12.7 Å². The fraction of sp³-hybridized carbons (Fsp3) is 0.250. The number of hydrogen-bond donors (Lipinski definition) is 1. The Balaban J connectivity index is 2.60. The lowest BCUT2D eigenvalue weighted by atomic mass is 10.2.